The maximum atomic E-state index is 5.78. The van der Waals surface area contributed by atoms with E-state index in [1.807, 2.05) is 30.5 Å². The fourth-order valence-electron chi connectivity index (χ4n) is 2.04. The van der Waals surface area contributed by atoms with Crippen molar-refractivity contribution in [3.05, 3.63) is 82.3 Å². The van der Waals surface area contributed by atoms with E-state index in [2.05, 4.69) is 50.2 Å². The van der Waals surface area contributed by atoms with Gasteiger partial charge < -0.3 is 9.72 Å². The molecule has 0 saturated carbocycles. The molecule has 1 heterocycles. The molecule has 1 N–H and O–H groups in total. The van der Waals surface area contributed by atoms with Gasteiger partial charge in [-0.15, -0.1) is 0 Å². The fraction of sp³-hybridized carbons (Fsp3) is 0.118. The summed E-state index contributed by atoms with van der Waals surface area (Å²) in [5.41, 5.74) is 2.36. The first-order valence-corrected chi connectivity index (χ1v) is 7.53. The summed E-state index contributed by atoms with van der Waals surface area (Å²) in [5, 5.41) is 0. The van der Waals surface area contributed by atoms with Gasteiger partial charge in [0.1, 0.15) is 18.2 Å². The van der Waals surface area contributed by atoms with Gasteiger partial charge in [0.25, 0.3) is 0 Å². The minimum absolute atomic E-state index is 0.574. The summed E-state index contributed by atoms with van der Waals surface area (Å²) in [6.07, 6.45) is 4.41. The Hall–Kier alpha value is -2.07. The maximum Gasteiger partial charge on any atom is 0.119 e. The monoisotopic (exact) mass is 342 g/mol. The molecule has 3 aromatic rings. The average molecular weight is 343 g/mol. The van der Waals surface area contributed by atoms with E-state index in [4.69, 9.17) is 4.74 Å². The van der Waals surface area contributed by atoms with Crippen molar-refractivity contribution in [2.75, 3.05) is 0 Å². The highest BCUT2D eigenvalue weighted by Crippen LogP contribution is 2.17. The second-order valence-electron chi connectivity index (χ2n) is 4.77. The fourth-order valence-corrected chi connectivity index (χ4v) is 2.30. The second kappa shape index (κ2) is 6.59. The predicted octanol–water partition coefficient (Wildman–Crippen LogP) is 4.34. The van der Waals surface area contributed by atoms with Crippen LogP contribution in [0.1, 0.15) is 17.0 Å². The number of rotatable bonds is 5. The number of aromatic nitrogens is 2. The molecule has 0 aliphatic carbocycles. The van der Waals surface area contributed by atoms with Gasteiger partial charge in [-0.05, 0) is 35.4 Å². The Morgan fingerprint density at radius 1 is 0.952 bits per heavy atom. The molecule has 106 valence electrons. The molecule has 0 amide bonds. The molecule has 0 bridgehead atoms. The van der Waals surface area contributed by atoms with Crippen molar-refractivity contribution in [2.45, 2.75) is 13.0 Å². The molecule has 21 heavy (non-hydrogen) atoms. The minimum Gasteiger partial charge on any atom is -0.489 e. The lowest BCUT2D eigenvalue weighted by atomic mass is 10.1. The quantitative estimate of drug-likeness (QED) is 0.748. The van der Waals surface area contributed by atoms with E-state index in [1.54, 1.807) is 6.20 Å². The Kier molecular flexibility index (Phi) is 4.36. The Morgan fingerprint density at radius 3 is 2.33 bits per heavy atom. The molecule has 0 aliphatic heterocycles. The molecule has 2 aromatic carbocycles. The molecule has 0 aliphatic rings. The van der Waals surface area contributed by atoms with E-state index in [0.717, 1.165) is 28.0 Å². The van der Waals surface area contributed by atoms with Gasteiger partial charge in [0, 0.05) is 23.3 Å². The Morgan fingerprint density at radius 2 is 1.67 bits per heavy atom. The molecule has 3 rings (SSSR count). The molecular weight excluding hydrogens is 328 g/mol. The van der Waals surface area contributed by atoms with Gasteiger partial charge in [-0.25, -0.2) is 4.98 Å². The Labute approximate surface area is 132 Å². The lowest BCUT2D eigenvalue weighted by molar-refractivity contribution is 0.306. The lowest BCUT2D eigenvalue weighted by Crippen LogP contribution is -1.96. The normalized spacial score (nSPS) is 10.5. The standard InChI is InChI=1S/C17H15BrN2O/c18-15-5-1-14(2-6-15)12-21-16-7-3-13(4-8-16)11-17-19-9-10-20-17/h1-10H,11-12H2,(H,19,20). The average Bonchev–Trinajstić information content (AvgIpc) is 3.01. The third kappa shape index (κ3) is 3.95. The van der Waals surface area contributed by atoms with Crippen LogP contribution in [0.25, 0.3) is 0 Å². The van der Waals surface area contributed by atoms with Gasteiger partial charge in [-0.3, -0.25) is 0 Å². The van der Waals surface area contributed by atoms with E-state index in [0.29, 0.717) is 6.61 Å². The highest BCUT2D eigenvalue weighted by Gasteiger charge is 2.00. The highest BCUT2D eigenvalue weighted by atomic mass is 79.9. The Balaban J connectivity index is 1.58. The number of halogens is 1. The molecule has 4 heteroatoms. The molecule has 1 aromatic heterocycles. The van der Waals surface area contributed by atoms with Crippen molar-refractivity contribution in [3.8, 4) is 5.75 Å². The van der Waals surface area contributed by atoms with Gasteiger partial charge in [0.2, 0.25) is 0 Å². The number of hydrogen-bond donors (Lipinski definition) is 1. The molecule has 0 spiro atoms. The van der Waals surface area contributed by atoms with Crippen LogP contribution >= 0.6 is 15.9 Å². The Bertz CT molecular complexity index is 676. The van der Waals surface area contributed by atoms with Gasteiger partial charge in [0.15, 0.2) is 0 Å². The van der Waals surface area contributed by atoms with Crippen molar-refractivity contribution in [3.63, 3.8) is 0 Å². The van der Waals surface area contributed by atoms with E-state index >= 15 is 0 Å². The van der Waals surface area contributed by atoms with Crippen LogP contribution in [0.5, 0.6) is 5.75 Å². The summed E-state index contributed by atoms with van der Waals surface area (Å²) in [6.45, 7) is 0.574. The van der Waals surface area contributed by atoms with Gasteiger partial charge in [0.05, 0.1) is 0 Å². The van der Waals surface area contributed by atoms with Crippen LogP contribution in [-0.2, 0) is 13.0 Å². The number of ether oxygens (including phenoxy) is 1. The summed E-state index contributed by atoms with van der Waals surface area (Å²) >= 11 is 3.43. The zero-order valence-corrected chi connectivity index (χ0v) is 13.0. The van der Waals surface area contributed by atoms with Crippen LogP contribution in [-0.4, -0.2) is 9.97 Å². The highest BCUT2D eigenvalue weighted by molar-refractivity contribution is 9.10. The van der Waals surface area contributed by atoms with Gasteiger partial charge in [-0.1, -0.05) is 40.2 Å². The maximum absolute atomic E-state index is 5.78. The van der Waals surface area contributed by atoms with Crippen LogP contribution in [0.2, 0.25) is 0 Å². The summed E-state index contributed by atoms with van der Waals surface area (Å²) in [4.78, 5) is 7.33. The zero-order valence-electron chi connectivity index (χ0n) is 11.4. The van der Waals surface area contributed by atoms with Gasteiger partial charge >= 0.3 is 0 Å². The number of nitrogens with one attached hydrogen (secondary N) is 1. The van der Waals surface area contributed by atoms with E-state index < -0.39 is 0 Å². The number of benzene rings is 2. The summed E-state index contributed by atoms with van der Waals surface area (Å²) in [5.74, 6) is 1.85. The van der Waals surface area contributed by atoms with Gasteiger partial charge in [-0.2, -0.15) is 0 Å². The molecule has 0 unspecified atom stereocenters. The lowest BCUT2D eigenvalue weighted by Gasteiger charge is -2.07. The molecular formula is C17H15BrN2O. The minimum atomic E-state index is 0.574. The largest absolute Gasteiger partial charge is 0.489 e. The zero-order chi connectivity index (χ0) is 14.5. The van der Waals surface area contributed by atoms with E-state index in [9.17, 15) is 0 Å². The van der Waals surface area contributed by atoms with E-state index in [-0.39, 0.29) is 0 Å². The predicted molar refractivity (Wildman–Crippen MR) is 86.3 cm³/mol. The first kappa shape index (κ1) is 13.9. The van der Waals surface area contributed by atoms with Crippen LogP contribution < -0.4 is 4.74 Å². The van der Waals surface area contributed by atoms with Crippen LogP contribution in [0, 0.1) is 0 Å². The van der Waals surface area contributed by atoms with Crippen LogP contribution in [0.15, 0.2) is 65.4 Å². The number of aromatic amines is 1. The number of H-pyrrole nitrogens is 1. The third-order valence-corrected chi connectivity index (χ3v) is 3.70. The number of imidazole rings is 1. The van der Waals surface area contributed by atoms with Crippen molar-refractivity contribution < 1.29 is 4.74 Å². The van der Waals surface area contributed by atoms with Crippen molar-refractivity contribution >= 4 is 15.9 Å². The topological polar surface area (TPSA) is 37.9 Å². The van der Waals surface area contributed by atoms with Crippen molar-refractivity contribution in [2.24, 2.45) is 0 Å². The SMILES string of the molecule is Brc1ccc(COc2ccc(Cc3ncc[nH]3)cc2)cc1. The number of nitrogens with zero attached hydrogens (tertiary/aromatic N) is 1. The van der Waals surface area contributed by atoms with Crippen LogP contribution in [0.3, 0.4) is 0 Å². The molecule has 0 saturated heterocycles. The van der Waals surface area contributed by atoms with Crippen molar-refractivity contribution in [1.82, 2.24) is 9.97 Å². The molecule has 0 radical (unpaired) electrons. The van der Waals surface area contributed by atoms with Crippen LogP contribution in [0.4, 0.5) is 0 Å². The smallest absolute Gasteiger partial charge is 0.119 e. The summed E-state index contributed by atoms with van der Waals surface area (Å²) < 4.78 is 6.86. The summed E-state index contributed by atoms with van der Waals surface area (Å²) in [7, 11) is 0. The summed E-state index contributed by atoms with van der Waals surface area (Å²) in [6, 6.07) is 16.3. The number of hydrogen-bond acceptors (Lipinski definition) is 2. The molecule has 0 atom stereocenters. The second-order valence-corrected chi connectivity index (χ2v) is 5.69. The third-order valence-electron chi connectivity index (χ3n) is 3.17. The first-order chi connectivity index (χ1) is 10.3. The molecule has 3 nitrogen and oxygen atoms in total. The van der Waals surface area contributed by atoms with E-state index in [1.165, 1.54) is 5.56 Å². The molecule has 0 fully saturated rings. The first-order valence-electron chi connectivity index (χ1n) is 6.74. The van der Waals surface area contributed by atoms with Crippen molar-refractivity contribution in [1.29, 1.82) is 0 Å².